The average molecular weight is 301 g/mol. The van der Waals surface area contributed by atoms with Crippen LogP contribution in [0.25, 0.3) is 11.4 Å². The van der Waals surface area contributed by atoms with Gasteiger partial charge in [0.2, 0.25) is 18.1 Å². The predicted molar refractivity (Wildman–Crippen MR) is 79.7 cm³/mol. The minimum atomic E-state index is 0.0812. The van der Waals surface area contributed by atoms with Crippen LogP contribution < -0.4 is 5.32 Å². The molecule has 1 atom stereocenters. The van der Waals surface area contributed by atoms with Crippen LogP contribution >= 0.6 is 0 Å². The predicted octanol–water partition coefficient (Wildman–Crippen LogP) is 2.17. The number of ether oxygens (including phenoxy) is 1. The van der Waals surface area contributed by atoms with E-state index in [-0.39, 0.29) is 5.91 Å². The van der Waals surface area contributed by atoms with Gasteiger partial charge in [0.1, 0.15) is 0 Å². The van der Waals surface area contributed by atoms with E-state index >= 15 is 0 Å². The van der Waals surface area contributed by atoms with E-state index in [1.54, 1.807) is 0 Å². The summed E-state index contributed by atoms with van der Waals surface area (Å²) in [5, 5.41) is 6.74. The second-order valence-corrected chi connectivity index (χ2v) is 5.52. The van der Waals surface area contributed by atoms with Crippen LogP contribution in [0.1, 0.15) is 24.8 Å². The highest BCUT2D eigenvalue weighted by Gasteiger charge is 2.17. The maximum Gasteiger partial charge on any atom is 0.220 e. The van der Waals surface area contributed by atoms with Crippen molar-refractivity contribution in [3.8, 4) is 11.4 Å². The van der Waals surface area contributed by atoms with Crippen molar-refractivity contribution < 1.29 is 14.1 Å². The minimum absolute atomic E-state index is 0.0812. The third-order valence-corrected chi connectivity index (χ3v) is 3.79. The molecule has 22 heavy (non-hydrogen) atoms. The van der Waals surface area contributed by atoms with Crippen LogP contribution in [0.15, 0.2) is 35.2 Å². The molecule has 0 spiro atoms. The van der Waals surface area contributed by atoms with Gasteiger partial charge in [0.15, 0.2) is 0 Å². The molecule has 2 aromatic rings. The SMILES string of the molecule is O=C(C[C@H]1CCCOC1)NCc1ccc(-c2ncon2)cc1. The van der Waals surface area contributed by atoms with Gasteiger partial charge in [-0.1, -0.05) is 29.4 Å². The van der Waals surface area contributed by atoms with Crippen LogP contribution in [0.4, 0.5) is 0 Å². The number of rotatable bonds is 5. The summed E-state index contributed by atoms with van der Waals surface area (Å²) >= 11 is 0. The number of nitrogens with zero attached hydrogens (tertiary/aromatic N) is 2. The molecule has 0 unspecified atom stereocenters. The summed E-state index contributed by atoms with van der Waals surface area (Å²) in [7, 11) is 0. The van der Waals surface area contributed by atoms with Crippen LogP contribution in [0, 0.1) is 5.92 Å². The smallest absolute Gasteiger partial charge is 0.220 e. The number of carbonyl (C=O) groups is 1. The molecule has 1 aromatic heterocycles. The molecule has 1 aromatic carbocycles. The Labute approximate surface area is 128 Å². The number of benzene rings is 1. The lowest BCUT2D eigenvalue weighted by Crippen LogP contribution is -2.28. The lowest BCUT2D eigenvalue weighted by Gasteiger charge is -2.21. The fourth-order valence-corrected chi connectivity index (χ4v) is 2.57. The molecular formula is C16H19N3O3. The topological polar surface area (TPSA) is 77.2 Å². The Morgan fingerprint density at radius 3 is 2.86 bits per heavy atom. The number of nitrogens with one attached hydrogen (secondary N) is 1. The number of amides is 1. The number of aromatic nitrogens is 2. The maximum absolute atomic E-state index is 11.9. The molecule has 116 valence electrons. The van der Waals surface area contributed by atoms with Crippen molar-refractivity contribution in [2.75, 3.05) is 13.2 Å². The van der Waals surface area contributed by atoms with Gasteiger partial charge in [-0.15, -0.1) is 0 Å². The van der Waals surface area contributed by atoms with Crippen molar-refractivity contribution in [3.05, 3.63) is 36.2 Å². The minimum Gasteiger partial charge on any atom is -0.381 e. The zero-order valence-corrected chi connectivity index (χ0v) is 12.3. The average Bonchev–Trinajstić information content (AvgIpc) is 3.09. The van der Waals surface area contributed by atoms with Gasteiger partial charge in [0, 0.05) is 31.7 Å². The van der Waals surface area contributed by atoms with Crippen molar-refractivity contribution in [2.45, 2.75) is 25.8 Å². The van der Waals surface area contributed by atoms with E-state index in [0.29, 0.717) is 31.3 Å². The van der Waals surface area contributed by atoms with Gasteiger partial charge < -0.3 is 14.6 Å². The number of carbonyl (C=O) groups excluding carboxylic acids is 1. The molecule has 1 amide bonds. The first kappa shape index (κ1) is 14.7. The van der Waals surface area contributed by atoms with E-state index in [0.717, 1.165) is 30.6 Å². The lowest BCUT2D eigenvalue weighted by atomic mass is 9.98. The fourth-order valence-electron chi connectivity index (χ4n) is 2.57. The molecule has 1 aliphatic heterocycles. The van der Waals surface area contributed by atoms with Crippen molar-refractivity contribution in [1.29, 1.82) is 0 Å². The first-order chi connectivity index (χ1) is 10.8. The molecule has 1 saturated heterocycles. The van der Waals surface area contributed by atoms with Crippen molar-refractivity contribution in [2.24, 2.45) is 5.92 Å². The molecule has 6 heteroatoms. The third-order valence-electron chi connectivity index (χ3n) is 3.79. The zero-order chi connectivity index (χ0) is 15.2. The van der Waals surface area contributed by atoms with E-state index in [4.69, 9.17) is 9.26 Å². The van der Waals surface area contributed by atoms with E-state index in [9.17, 15) is 4.79 Å². The molecule has 1 aliphatic rings. The molecular weight excluding hydrogens is 282 g/mol. The Kier molecular flexibility index (Phi) is 4.80. The summed E-state index contributed by atoms with van der Waals surface area (Å²) in [4.78, 5) is 15.9. The Hall–Kier alpha value is -2.21. The van der Waals surface area contributed by atoms with Gasteiger partial charge in [-0.3, -0.25) is 4.79 Å². The standard InChI is InChI=1S/C16H19N3O3/c20-15(8-13-2-1-7-21-10-13)17-9-12-3-5-14(6-4-12)16-18-11-22-19-16/h3-6,11,13H,1-2,7-10H2,(H,17,20)/t13-/m1/s1. The van der Waals surface area contributed by atoms with Crippen LogP contribution in [0.3, 0.4) is 0 Å². The molecule has 6 nitrogen and oxygen atoms in total. The van der Waals surface area contributed by atoms with Gasteiger partial charge in [-0.2, -0.15) is 4.98 Å². The second kappa shape index (κ2) is 7.17. The monoisotopic (exact) mass is 301 g/mol. The molecule has 0 saturated carbocycles. The van der Waals surface area contributed by atoms with E-state index in [2.05, 4.69) is 15.5 Å². The summed E-state index contributed by atoms with van der Waals surface area (Å²) in [5.74, 6) is 1.000. The van der Waals surface area contributed by atoms with Crippen molar-refractivity contribution >= 4 is 5.91 Å². The van der Waals surface area contributed by atoms with Gasteiger partial charge in [-0.05, 0) is 24.3 Å². The molecule has 0 bridgehead atoms. The van der Waals surface area contributed by atoms with Gasteiger partial charge >= 0.3 is 0 Å². The fraction of sp³-hybridized carbons (Fsp3) is 0.438. The molecule has 3 rings (SSSR count). The van der Waals surface area contributed by atoms with Gasteiger partial charge in [0.25, 0.3) is 0 Å². The quantitative estimate of drug-likeness (QED) is 0.915. The highest BCUT2D eigenvalue weighted by atomic mass is 16.5. The Morgan fingerprint density at radius 1 is 1.32 bits per heavy atom. The second-order valence-electron chi connectivity index (χ2n) is 5.52. The Bertz CT molecular complexity index is 590. The molecule has 0 radical (unpaired) electrons. The first-order valence-electron chi connectivity index (χ1n) is 7.51. The lowest BCUT2D eigenvalue weighted by molar-refractivity contribution is -0.123. The molecule has 1 fully saturated rings. The van der Waals surface area contributed by atoms with Crippen LogP contribution in [0.5, 0.6) is 0 Å². The van der Waals surface area contributed by atoms with Crippen LogP contribution in [-0.4, -0.2) is 29.3 Å². The number of hydrogen-bond acceptors (Lipinski definition) is 5. The Morgan fingerprint density at radius 2 is 2.18 bits per heavy atom. The maximum atomic E-state index is 11.9. The normalized spacial score (nSPS) is 18.1. The summed E-state index contributed by atoms with van der Waals surface area (Å²) < 4.78 is 10.1. The van der Waals surface area contributed by atoms with Gasteiger partial charge in [-0.25, -0.2) is 0 Å². The summed E-state index contributed by atoms with van der Waals surface area (Å²) in [6.45, 7) is 2.05. The Balaban J connectivity index is 1.47. The summed E-state index contributed by atoms with van der Waals surface area (Å²) in [6.07, 6.45) is 3.97. The molecule has 1 N–H and O–H groups in total. The zero-order valence-electron chi connectivity index (χ0n) is 12.3. The summed E-state index contributed by atoms with van der Waals surface area (Å²) in [6, 6.07) is 7.74. The third kappa shape index (κ3) is 3.92. The summed E-state index contributed by atoms with van der Waals surface area (Å²) in [5.41, 5.74) is 1.93. The highest BCUT2D eigenvalue weighted by Crippen LogP contribution is 2.17. The molecule has 0 aliphatic carbocycles. The van der Waals surface area contributed by atoms with Crippen molar-refractivity contribution in [3.63, 3.8) is 0 Å². The highest BCUT2D eigenvalue weighted by molar-refractivity contribution is 5.76. The van der Waals surface area contributed by atoms with E-state index in [1.807, 2.05) is 24.3 Å². The largest absolute Gasteiger partial charge is 0.381 e. The number of hydrogen-bond donors (Lipinski definition) is 1. The van der Waals surface area contributed by atoms with Crippen LogP contribution in [-0.2, 0) is 16.1 Å². The van der Waals surface area contributed by atoms with Crippen LogP contribution in [0.2, 0.25) is 0 Å². The molecule has 2 heterocycles. The van der Waals surface area contributed by atoms with E-state index in [1.165, 1.54) is 6.39 Å². The van der Waals surface area contributed by atoms with Crippen molar-refractivity contribution in [1.82, 2.24) is 15.5 Å². The van der Waals surface area contributed by atoms with Gasteiger partial charge in [0.05, 0.1) is 0 Å². The van der Waals surface area contributed by atoms with E-state index < -0.39 is 0 Å². The first-order valence-corrected chi connectivity index (χ1v) is 7.51.